The molecule has 1 rings (SSSR count). The first-order valence-corrected chi connectivity index (χ1v) is 6.75. The maximum atomic E-state index is 5.78. The number of rotatable bonds is 5. The average molecular weight is 256 g/mol. The fraction of sp³-hybridized carbons (Fsp3) is 0.769. The van der Waals surface area contributed by atoms with Crippen LogP contribution in [0.2, 0.25) is 0 Å². The van der Waals surface area contributed by atoms with Crippen molar-refractivity contribution in [1.82, 2.24) is 9.78 Å². The highest BCUT2D eigenvalue weighted by molar-refractivity contribution is 7.80. The lowest BCUT2D eigenvalue weighted by atomic mass is 9.82. The molecule has 4 heteroatoms. The molecule has 3 nitrogen and oxygen atoms in total. The molecule has 0 saturated carbocycles. The Balaban J connectivity index is 2.54. The van der Waals surface area contributed by atoms with Crippen molar-refractivity contribution >= 4 is 12.6 Å². The summed E-state index contributed by atoms with van der Waals surface area (Å²) in [7, 11) is 0. The van der Waals surface area contributed by atoms with Gasteiger partial charge in [-0.05, 0) is 25.0 Å². The van der Waals surface area contributed by atoms with Crippen molar-refractivity contribution in [3.8, 4) is 5.75 Å². The smallest absolute Gasteiger partial charge is 0.157 e. The van der Waals surface area contributed by atoms with Gasteiger partial charge in [0.1, 0.15) is 0 Å². The van der Waals surface area contributed by atoms with Crippen LogP contribution in [0.3, 0.4) is 0 Å². The summed E-state index contributed by atoms with van der Waals surface area (Å²) in [5, 5.41) is 4.25. The van der Waals surface area contributed by atoms with Crippen LogP contribution >= 0.6 is 12.6 Å². The molecule has 0 spiro atoms. The second-order valence-corrected chi connectivity index (χ2v) is 6.17. The van der Waals surface area contributed by atoms with E-state index in [4.69, 9.17) is 4.74 Å². The molecule has 1 atom stereocenters. The van der Waals surface area contributed by atoms with Crippen molar-refractivity contribution in [1.29, 1.82) is 0 Å². The van der Waals surface area contributed by atoms with Crippen LogP contribution in [0.5, 0.6) is 5.75 Å². The van der Waals surface area contributed by atoms with Crippen molar-refractivity contribution in [3.05, 3.63) is 12.4 Å². The van der Waals surface area contributed by atoms with E-state index >= 15 is 0 Å². The quantitative estimate of drug-likeness (QED) is 0.817. The molecule has 0 radical (unpaired) electrons. The second-order valence-electron chi connectivity index (χ2n) is 5.81. The third-order valence-electron chi connectivity index (χ3n) is 3.00. The molecular formula is C13H24N2OS. The van der Waals surface area contributed by atoms with E-state index in [2.05, 4.69) is 52.3 Å². The molecule has 0 N–H and O–H groups in total. The number of hydrogen-bond donors (Lipinski definition) is 1. The van der Waals surface area contributed by atoms with Crippen molar-refractivity contribution in [2.45, 2.75) is 40.7 Å². The van der Waals surface area contributed by atoms with E-state index in [-0.39, 0.29) is 5.41 Å². The summed E-state index contributed by atoms with van der Waals surface area (Å²) < 4.78 is 7.69. The normalized spacial score (nSPS) is 14.1. The SMILES string of the molecule is CC(C)n1cc(OCC(CS)C(C)(C)C)cn1. The molecule has 0 amide bonds. The van der Waals surface area contributed by atoms with Crippen molar-refractivity contribution in [2.24, 2.45) is 11.3 Å². The molecule has 0 bridgehead atoms. The predicted octanol–water partition coefficient (Wildman–Crippen LogP) is 3.43. The molecule has 1 aromatic heterocycles. The average Bonchev–Trinajstić information content (AvgIpc) is 2.65. The Labute approximate surface area is 110 Å². The van der Waals surface area contributed by atoms with Crippen LogP contribution in [-0.4, -0.2) is 22.1 Å². The molecule has 1 heterocycles. The van der Waals surface area contributed by atoms with Gasteiger partial charge in [-0.25, -0.2) is 0 Å². The standard InChI is InChI=1S/C13H24N2OS/c1-10(2)15-7-12(6-14-15)16-8-11(9-17)13(3,4)5/h6-7,10-11,17H,8-9H2,1-5H3. The molecule has 17 heavy (non-hydrogen) atoms. The van der Waals surface area contributed by atoms with Crippen LogP contribution in [0, 0.1) is 11.3 Å². The first-order valence-electron chi connectivity index (χ1n) is 6.12. The van der Waals surface area contributed by atoms with E-state index in [1.54, 1.807) is 6.20 Å². The van der Waals surface area contributed by atoms with Crippen LogP contribution < -0.4 is 4.74 Å². The molecular weight excluding hydrogens is 232 g/mol. The third kappa shape index (κ3) is 4.26. The van der Waals surface area contributed by atoms with E-state index in [0.717, 1.165) is 11.5 Å². The van der Waals surface area contributed by atoms with Crippen molar-refractivity contribution < 1.29 is 4.74 Å². The van der Waals surface area contributed by atoms with Gasteiger partial charge in [0, 0.05) is 12.0 Å². The molecule has 0 aromatic carbocycles. The minimum absolute atomic E-state index is 0.218. The van der Waals surface area contributed by atoms with Crippen LogP contribution in [0.1, 0.15) is 40.7 Å². The molecule has 1 aromatic rings. The first kappa shape index (κ1) is 14.4. The maximum Gasteiger partial charge on any atom is 0.157 e. The molecule has 0 fully saturated rings. The van der Waals surface area contributed by atoms with Crippen molar-refractivity contribution in [3.63, 3.8) is 0 Å². The molecule has 0 saturated heterocycles. The summed E-state index contributed by atoms with van der Waals surface area (Å²) in [6.07, 6.45) is 3.72. The number of aromatic nitrogens is 2. The highest BCUT2D eigenvalue weighted by atomic mass is 32.1. The molecule has 1 unspecified atom stereocenters. The summed E-state index contributed by atoms with van der Waals surface area (Å²) in [5.74, 6) is 2.12. The van der Waals surface area contributed by atoms with Crippen LogP contribution in [-0.2, 0) is 0 Å². The number of nitrogens with zero attached hydrogens (tertiary/aromatic N) is 2. The lowest BCUT2D eigenvalue weighted by Gasteiger charge is -2.28. The van der Waals surface area contributed by atoms with E-state index < -0.39 is 0 Å². The maximum absolute atomic E-state index is 5.78. The lowest BCUT2D eigenvalue weighted by Crippen LogP contribution is -2.28. The van der Waals surface area contributed by atoms with Gasteiger partial charge in [-0.15, -0.1) is 0 Å². The Kier molecular flexibility index (Phi) is 4.92. The second kappa shape index (κ2) is 5.80. The van der Waals surface area contributed by atoms with Gasteiger partial charge in [0.2, 0.25) is 0 Å². The van der Waals surface area contributed by atoms with E-state index in [9.17, 15) is 0 Å². The zero-order chi connectivity index (χ0) is 13.1. The Morgan fingerprint density at radius 1 is 1.41 bits per heavy atom. The summed E-state index contributed by atoms with van der Waals surface area (Å²) in [5.41, 5.74) is 0.218. The monoisotopic (exact) mass is 256 g/mol. The largest absolute Gasteiger partial charge is 0.490 e. The van der Waals surface area contributed by atoms with Gasteiger partial charge in [-0.3, -0.25) is 4.68 Å². The molecule has 0 aliphatic heterocycles. The highest BCUT2D eigenvalue weighted by Crippen LogP contribution is 2.27. The van der Waals surface area contributed by atoms with Gasteiger partial charge in [0.15, 0.2) is 5.75 Å². The van der Waals surface area contributed by atoms with E-state index in [1.807, 2.05) is 10.9 Å². The van der Waals surface area contributed by atoms with Gasteiger partial charge in [0.05, 0.1) is 19.0 Å². The fourth-order valence-corrected chi connectivity index (χ4v) is 2.10. The number of ether oxygens (including phenoxy) is 1. The van der Waals surface area contributed by atoms with Crippen LogP contribution in [0.4, 0.5) is 0 Å². The molecule has 0 aliphatic carbocycles. The summed E-state index contributed by atoms with van der Waals surface area (Å²) in [4.78, 5) is 0. The van der Waals surface area contributed by atoms with Crippen LogP contribution in [0.25, 0.3) is 0 Å². The van der Waals surface area contributed by atoms with Crippen molar-refractivity contribution in [2.75, 3.05) is 12.4 Å². The highest BCUT2D eigenvalue weighted by Gasteiger charge is 2.24. The van der Waals surface area contributed by atoms with Crippen LogP contribution in [0.15, 0.2) is 12.4 Å². The minimum Gasteiger partial charge on any atom is -0.490 e. The zero-order valence-electron chi connectivity index (χ0n) is 11.5. The summed E-state index contributed by atoms with van der Waals surface area (Å²) in [6.45, 7) is 11.5. The van der Waals surface area contributed by atoms with E-state index in [1.165, 1.54) is 0 Å². The van der Waals surface area contributed by atoms with Gasteiger partial charge in [-0.2, -0.15) is 17.7 Å². The number of thiol groups is 1. The van der Waals surface area contributed by atoms with Gasteiger partial charge < -0.3 is 4.74 Å². The predicted molar refractivity (Wildman–Crippen MR) is 74.9 cm³/mol. The van der Waals surface area contributed by atoms with Gasteiger partial charge in [0.25, 0.3) is 0 Å². The topological polar surface area (TPSA) is 27.1 Å². The Morgan fingerprint density at radius 2 is 2.06 bits per heavy atom. The summed E-state index contributed by atoms with van der Waals surface area (Å²) in [6, 6.07) is 0.371. The summed E-state index contributed by atoms with van der Waals surface area (Å²) >= 11 is 4.39. The zero-order valence-corrected chi connectivity index (χ0v) is 12.4. The minimum atomic E-state index is 0.218. The van der Waals surface area contributed by atoms with E-state index in [0.29, 0.717) is 18.6 Å². The first-order chi connectivity index (χ1) is 7.84. The number of hydrogen-bond acceptors (Lipinski definition) is 3. The Morgan fingerprint density at radius 3 is 2.47 bits per heavy atom. The molecule has 0 aliphatic rings. The fourth-order valence-electron chi connectivity index (χ4n) is 1.45. The Bertz CT molecular complexity index is 341. The lowest BCUT2D eigenvalue weighted by molar-refractivity contribution is 0.165. The third-order valence-corrected chi connectivity index (χ3v) is 3.44. The molecule has 98 valence electrons. The Hall–Kier alpha value is -0.640. The van der Waals surface area contributed by atoms with Gasteiger partial charge >= 0.3 is 0 Å². The van der Waals surface area contributed by atoms with Gasteiger partial charge in [-0.1, -0.05) is 20.8 Å².